The minimum Gasteiger partial charge on any atom is -0.394 e. The lowest BCUT2D eigenvalue weighted by Crippen LogP contribution is -2.33. The van der Waals surface area contributed by atoms with Crippen molar-refractivity contribution in [2.24, 2.45) is 0 Å². The molecule has 3 heterocycles. The Kier molecular flexibility index (Phi) is 3.11. The number of imidazole rings is 1. The van der Waals surface area contributed by atoms with Gasteiger partial charge in [0.1, 0.15) is 30.2 Å². The third-order valence-electron chi connectivity index (χ3n) is 3.11. The van der Waals surface area contributed by atoms with Crippen LogP contribution in [0, 0.1) is 0 Å². The summed E-state index contributed by atoms with van der Waals surface area (Å²) in [4.78, 5) is 11.9. The molecule has 8 nitrogen and oxygen atoms in total. The summed E-state index contributed by atoms with van der Waals surface area (Å²) in [7, 11) is 0. The average Bonchev–Trinajstić information content (AvgIpc) is 2.94. The molecule has 1 saturated heterocycles. The highest BCUT2D eigenvalue weighted by Crippen LogP contribution is 2.31. The van der Waals surface area contributed by atoms with Crippen molar-refractivity contribution in [3.8, 4) is 0 Å². The second kappa shape index (κ2) is 4.66. The van der Waals surface area contributed by atoms with Crippen LogP contribution in [0.5, 0.6) is 0 Å². The highest BCUT2D eigenvalue weighted by Gasteiger charge is 2.43. The largest absolute Gasteiger partial charge is 0.394 e. The van der Waals surface area contributed by atoms with E-state index in [0.717, 1.165) is 0 Å². The monoisotopic (exact) mass is 286 g/mol. The van der Waals surface area contributed by atoms with Gasteiger partial charge < -0.3 is 20.1 Å². The number of aliphatic hydroxyl groups excluding tert-OH is 3. The Labute approximate surface area is 112 Å². The molecule has 2 aromatic heterocycles. The Balaban J connectivity index is 2.04. The van der Waals surface area contributed by atoms with Crippen LogP contribution >= 0.6 is 11.6 Å². The molecule has 2 aromatic rings. The molecule has 4 atom stereocenters. The van der Waals surface area contributed by atoms with Crippen LogP contribution in [0.2, 0.25) is 5.15 Å². The van der Waals surface area contributed by atoms with Gasteiger partial charge in [-0.05, 0) is 0 Å². The van der Waals surface area contributed by atoms with Crippen molar-refractivity contribution >= 4 is 22.8 Å². The molecular weight excluding hydrogens is 276 g/mol. The fourth-order valence-corrected chi connectivity index (χ4v) is 2.30. The predicted molar refractivity (Wildman–Crippen MR) is 63.3 cm³/mol. The number of hydrogen-bond donors (Lipinski definition) is 3. The molecule has 19 heavy (non-hydrogen) atoms. The quantitative estimate of drug-likeness (QED) is 0.613. The van der Waals surface area contributed by atoms with Crippen LogP contribution in [0.25, 0.3) is 11.2 Å². The molecule has 0 radical (unpaired) electrons. The fraction of sp³-hybridized carbons (Fsp3) is 0.500. The summed E-state index contributed by atoms with van der Waals surface area (Å²) in [6.07, 6.45) is -1.44. The minimum atomic E-state index is -1.19. The van der Waals surface area contributed by atoms with Gasteiger partial charge in [-0.3, -0.25) is 4.57 Å². The SMILES string of the molecule is OCC1O[C@@H](n2cnc3c(Cl)ncnc32)[C@@H](O)C1O. The molecule has 0 aliphatic carbocycles. The molecule has 0 saturated carbocycles. The van der Waals surface area contributed by atoms with Crippen molar-refractivity contribution in [1.29, 1.82) is 0 Å². The van der Waals surface area contributed by atoms with Crippen molar-refractivity contribution in [3.05, 3.63) is 17.8 Å². The molecule has 0 bridgehead atoms. The van der Waals surface area contributed by atoms with E-state index >= 15 is 0 Å². The minimum absolute atomic E-state index is 0.190. The van der Waals surface area contributed by atoms with E-state index in [1.165, 1.54) is 17.2 Å². The smallest absolute Gasteiger partial charge is 0.167 e. The number of ether oxygens (including phenoxy) is 1. The van der Waals surface area contributed by atoms with Crippen LogP contribution in [-0.4, -0.2) is 59.8 Å². The summed E-state index contributed by atoms with van der Waals surface area (Å²) >= 11 is 5.88. The first-order chi connectivity index (χ1) is 9.13. The van der Waals surface area contributed by atoms with Gasteiger partial charge in [-0.2, -0.15) is 0 Å². The van der Waals surface area contributed by atoms with Crippen LogP contribution in [-0.2, 0) is 4.74 Å². The third kappa shape index (κ3) is 1.88. The van der Waals surface area contributed by atoms with E-state index in [1.54, 1.807) is 0 Å². The van der Waals surface area contributed by atoms with Gasteiger partial charge in [0.2, 0.25) is 0 Å². The Morgan fingerprint density at radius 1 is 1.26 bits per heavy atom. The van der Waals surface area contributed by atoms with Gasteiger partial charge in [0.25, 0.3) is 0 Å². The Morgan fingerprint density at radius 3 is 2.74 bits per heavy atom. The molecule has 1 fully saturated rings. The molecule has 0 aromatic carbocycles. The zero-order valence-electron chi connectivity index (χ0n) is 9.59. The Morgan fingerprint density at radius 2 is 2.05 bits per heavy atom. The normalized spacial score (nSPS) is 31.2. The topological polar surface area (TPSA) is 114 Å². The molecule has 9 heteroatoms. The van der Waals surface area contributed by atoms with Crippen molar-refractivity contribution in [2.45, 2.75) is 24.5 Å². The van der Waals surface area contributed by atoms with Crippen molar-refractivity contribution in [3.63, 3.8) is 0 Å². The highest BCUT2D eigenvalue weighted by molar-refractivity contribution is 6.33. The van der Waals surface area contributed by atoms with E-state index in [-0.39, 0.29) is 5.15 Å². The van der Waals surface area contributed by atoms with Crippen molar-refractivity contribution in [2.75, 3.05) is 6.61 Å². The van der Waals surface area contributed by atoms with E-state index in [4.69, 9.17) is 21.4 Å². The van der Waals surface area contributed by atoms with Gasteiger partial charge >= 0.3 is 0 Å². The van der Waals surface area contributed by atoms with Crippen LogP contribution < -0.4 is 0 Å². The molecule has 102 valence electrons. The molecule has 3 N–H and O–H groups in total. The van der Waals surface area contributed by atoms with Gasteiger partial charge in [-0.25, -0.2) is 15.0 Å². The molecule has 2 unspecified atom stereocenters. The fourth-order valence-electron chi connectivity index (χ4n) is 2.12. The maximum absolute atomic E-state index is 9.95. The number of nitrogens with zero attached hydrogens (tertiary/aromatic N) is 4. The van der Waals surface area contributed by atoms with Crippen LogP contribution in [0.4, 0.5) is 0 Å². The number of aliphatic hydroxyl groups is 3. The first kappa shape index (κ1) is 12.7. The number of halogens is 1. The lowest BCUT2D eigenvalue weighted by Gasteiger charge is -2.16. The van der Waals surface area contributed by atoms with E-state index in [9.17, 15) is 10.2 Å². The summed E-state index contributed by atoms with van der Waals surface area (Å²) in [5.74, 6) is 0. The van der Waals surface area contributed by atoms with Crippen LogP contribution in [0.1, 0.15) is 6.23 Å². The van der Waals surface area contributed by atoms with E-state index in [2.05, 4.69) is 15.0 Å². The molecule has 3 rings (SSSR count). The zero-order valence-corrected chi connectivity index (χ0v) is 10.3. The Hall–Kier alpha value is -1.32. The van der Waals surface area contributed by atoms with Crippen molar-refractivity contribution < 1.29 is 20.1 Å². The second-order valence-electron chi connectivity index (χ2n) is 4.22. The van der Waals surface area contributed by atoms with Gasteiger partial charge in [0.15, 0.2) is 17.0 Å². The van der Waals surface area contributed by atoms with Gasteiger partial charge in [0.05, 0.1) is 12.9 Å². The number of rotatable bonds is 2. The molecule has 1 aliphatic rings. The van der Waals surface area contributed by atoms with Crippen molar-refractivity contribution in [1.82, 2.24) is 19.5 Å². The molecular formula is C10H11ClN4O4. The standard InChI is InChI=1S/C10H11ClN4O4/c11-8-5-9(13-2-12-8)15(3-14-5)10-7(18)6(17)4(1-16)19-10/h2-4,6-7,10,16-18H,1H2/t4?,6?,7-,10+/m0/s1. The van der Waals surface area contributed by atoms with Gasteiger partial charge in [-0.1, -0.05) is 11.6 Å². The molecule has 0 amide bonds. The lowest BCUT2D eigenvalue weighted by atomic mass is 10.1. The van der Waals surface area contributed by atoms with E-state index < -0.39 is 31.1 Å². The van der Waals surface area contributed by atoms with E-state index in [0.29, 0.717) is 11.2 Å². The maximum Gasteiger partial charge on any atom is 0.167 e. The second-order valence-corrected chi connectivity index (χ2v) is 4.58. The Bertz CT molecular complexity index is 606. The summed E-state index contributed by atoms with van der Waals surface area (Å²) in [5, 5.41) is 28.9. The number of hydrogen-bond acceptors (Lipinski definition) is 7. The average molecular weight is 287 g/mol. The third-order valence-corrected chi connectivity index (χ3v) is 3.38. The molecule has 1 aliphatic heterocycles. The van der Waals surface area contributed by atoms with Gasteiger partial charge in [0, 0.05) is 0 Å². The first-order valence-corrected chi connectivity index (χ1v) is 5.96. The lowest BCUT2D eigenvalue weighted by molar-refractivity contribution is -0.0511. The number of fused-ring (bicyclic) bond motifs is 1. The highest BCUT2D eigenvalue weighted by atomic mass is 35.5. The first-order valence-electron chi connectivity index (χ1n) is 5.59. The van der Waals surface area contributed by atoms with Gasteiger partial charge in [-0.15, -0.1) is 0 Å². The summed E-state index contributed by atoms with van der Waals surface area (Å²) in [6, 6.07) is 0. The van der Waals surface area contributed by atoms with Crippen LogP contribution in [0.15, 0.2) is 12.7 Å². The zero-order chi connectivity index (χ0) is 13.6. The summed E-state index contributed by atoms with van der Waals surface area (Å²) in [6.45, 7) is -0.392. The molecule has 0 spiro atoms. The van der Waals surface area contributed by atoms with Crippen LogP contribution in [0.3, 0.4) is 0 Å². The maximum atomic E-state index is 9.95. The number of aromatic nitrogens is 4. The predicted octanol–water partition coefficient (Wildman–Crippen LogP) is -0.909. The summed E-state index contributed by atoms with van der Waals surface area (Å²) < 4.78 is 6.85. The summed E-state index contributed by atoms with van der Waals surface area (Å²) in [5.41, 5.74) is 0.761. The van der Waals surface area contributed by atoms with E-state index in [1.807, 2.05) is 0 Å².